The molecule has 0 saturated carbocycles. The number of sulfonamides is 1. The zero-order chi connectivity index (χ0) is 17.8. The first-order chi connectivity index (χ1) is 11.5. The fourth-order valence-corrected chi connectivity index (χ4v) is 4.30. The lowest BCUT2D eigenvalue weighted by atomic mass is 10.1. The van der Waals surface area contributed by atoms with Crippen molar-refractivity contribution in [1.29, 1.82) is 0 Å². The molecular weight excluding hydrogens is 318 g/mol. The highest BCUT2D eigenvalue weighted by Crippen LogP contribution is 2.16. The van der Waals surface area contributed by atoms with E-state index in [0.29, 0.717) is 11.4 Å². The van der Waals surface area contributed by atoms with Gasteiger partial charge >= 0.3 is 0 Å². The average Bonchev–Trinajstić information content (AvgIpc) is 2.54. The Hall–Kier alpha value is -0.870. The van der Waals surface area contributed by atoms with E-state index in [4.69, 9.17) is 0 Å². The zero-order valence-corrected chi connectivity index (χ0v) is 16.6. The van der Waals surface area contributed by atoms with Crippen LogP contribution in [-0.4, -0.2) is 15.0 Å². The molecule has 0 unspecified atom stereocenters. The molecule has 3 nitrogen and oxygen atoms in total. The molecule has 24 heavy (non-hydrogen) atoms. The van der Waals surface area contributed by atoms with Gasteiger partial charge in [-0.3, -0.25) is 0 Å². The number of nitrogens with one attached hydrogen (secondary N) is 1. The Morgan fingerprint density at radius 2 is 1.38 bits per heavy atom. The fourth-order valence-electron chi connectivity index (χ4n) is 2.89. The number of unbranched alkanes of at least 4 members (excludes halogenated alkanes) is 9. The van der Waals surface area contributed by atoms with Gasteiger partial charge in [-0.25, -0.2) is 13.1 Å². The van der Waals surface area contributed by atoms with Crippen LogP contribution >= 0.6 is 0 Å². The number of rotatable bonds is 13. The second-order valence-corrected chi connectivity index (χ2v) is 8.58. The van der Waals surface area contributed by atoms with E-state index in [-0.39, 0.29) is 0 Å². The van der Waals surface area contributed by atoms with Gasteiger partial charge in [0, 0.05) is 6.54 Å². The van der Waals surface area contributed by atoms with Crippen LogP contribution in [0.1, 0.15) is 82.3 Å². The van der Waals surface area contributed by atoms with E-state index in [1.54, 1.807) is 6.07 Å². The summed E-state index contributed by atoms with van der Waals surface area (Å²) in [5, 5.41) is 0. The smallest absolute Gasteiger partial charge is 0.211 e. The minimum atomic E-state index is -3.37. The van der Waals surface area contributed by atoms with E-state index in [1.807, 2.05) is 26.0 Å². The van der Waals surface area contributed by atoms with Gasteiger partial charge in [0.25, 0.3) is 0 Å². The maximum absolute atomic E-state index is 12.4. The van der Waals surface area contributed by atoms with Crippen LogP contribution in [0.3, 0.4) is 0 Å². The van der Waals surface area contributed by atoms with E-state index in [0.717, 1.165) is 24.0 Å². The van der Waals surface area contributed by atoms with Gasteiger partial charge in [0.05, 0.1) is 4.90 Å². The molecule has 0 spiro atoms. The second kappa shape index (κ2) is 11.6. The molecule has 0 aliphatic heterocycles. The third-order valence-electron chi connectivity index (χ3n) is 4.46. The third-order valence-corrected chi connectivity index (χ3v) is 6.06. The Bertz CT molecular complexity index is 567. The van der Waals surface area contributed by atoms with Crippen LogP contribution in [0.15, 0.2) is 23.1 Å². The van der Waals surface area contributed by atoms with Gasteiger partial charge < -0.3 is 0 Å². The van der Waals surface area contributed by atoms with Gasteiger partial charge in [-0.2, -0.15) is 0 Å². The average molecular weight is 354 g/mol. The predicted molar refractivity (Wildman–Crippen MR) is 103 cm³/mol. The van der Waals surface area contributed by atoms with Crippen molar-refractivity contribution in [2.75, 3.05) is 6.54 Å². The van der Waals surface area contributed by atoms with Gasteiger partial charge in [-0.15, -0.1) is 0 Å². The Morgan fingerprint density at radius 3 is 1.96 bits per heavy atom. The Morgan fingerprint density at radius 1 is 0.833 bits per heavy atom. The number of aryl methyl sites for hydroxylation is 2. The summed E-state index contributed by atoms with van der Waals surface area (Å²) in [6, 6.07) is 5.55. The highest BCUT2D eigenvalue weighted by Gasteiger charge is 2.15. The monoisotopic (exact) mass is 353 g/mol. The summed E-state index contributed by atoms with van der Waals surface area (Å²) in [6.45, 7) is 6.54. The van der Waals surface area contributed by atoms with Crippen molar-refractivity contribution >= 4 is 10.0 Å². The summed E-state index contributed by atoms with van der Waals surface area (Å²) in [4.78, 5) is 0.412. The number of hydrogen-bond acceptors (Lipinski definition) is 2. The van der Waals surface area contributed by atoms with Crippen molar-refractivity contribution in [2.24, 2.45) is 0 Å². The van der Waals surface area contributed by atoms with Gasteiger partial charge in [0.2, 0.25) is 10.0 Å². The van der Waals surface area contributed by atoms with E-state index < -0.39 is 10.0 Å². The summed E-state index contributed by atoms with van der Waals surface area (Å²) in [5.74, 6) is 0. The summed E-state index contributed by atoms with van der Waals surface area (Å²) in [7, 11) is -3.37. The molecule has 1 rings (SSSR count). The first-order valence-electron chi connectivity index (χ1n) is 9.54. The highest BCUT2D eigenvalue weighted by atomic mass is 32.2. The van der Waals surface area contributed by atoms with E-state index in [1.165, 1.54) is 51.4 Å². The fraction of sp³-hybridized carbons (Fsp3) is 0.700. The molecular formula is C20H35NO2S. The lowest BCUT2D eigenvalue weighted by Crippen LogP contribution is -2.25. The van der Waals surface area contributed by atoms with Crippen LogP contribution in [0.2, 0.25) is 0 Å². The van der Waals surface area contributed by atoms with Crippen LogP contribution in [0.25, 0.3) is 0 Å². The van der Waals surface area contributed by atoms with Gasteiger partial charge in [0.15, 0.2) is 0 Å². The van der Waals surface area contributed by atoms with E-state index >= 15 is 0 Å². The van der Waals surface area contributed by atoms with E-state index in [2.05, 4.69) is 11.6 Å². The Balaban J connectivity index is 2.15. The Labute approximate surface area is 149 Å². The van der Waals surface area contributed by atoms with Crippen LogP contribution in [0.5, 0.6) is 0 Å². The standard InChI is InChI=1S/C20H35NO2S/c1-4-5-6-7-8-9-10-11-12-13-16-21-24(22,23)20-17-18(2)14-15-19(20)3/h14-15,17,21H,4-13,16H2,1-3H3. The molecule has 0 bridgehead atoms. The molecule has 0 fully saturated rings. The number of hydrogen-bond donors (Lipinski definition) is 1. The normalized spacial score (nSPS) is 11.8. The predicted octanol–water partition coefficient (Wildman–Crippen LogP) is 5.50. The van der Waals surface area contributed by atoms with Crippen LogP contribution in [0, 0.1) is 13.8 Å². The summed E-state index contributed by atoms with van der Waals surface area (Å²) < 4.78 is 27.4. The SMILES string of the molecule is CCCCCCCCCCCCNS(=O)(=O)c1cc(C)ccc1C. The van der Waals surface area contributed by atoms with Gasteiger partial charge in [-0.1, -0.05) is 76.8 Å². The molecule has 0 heterocycles. The molecule has 0 aromatic heterocycles. The van der Waals surface area contributed by atoms with Gasteiger partial charge in [-0.05, 0) is 37.5 Å². The maximum Gasteiger partial charge on any atom is 0.240 e. The molecule has 138 valence electrons. The van der Waals surface area contributed by atoms with Crippen LogP contribution in [0.4, 0.5) is 0 Å². The topological polar surface area (TPSA) is 46.2 Å². The molecule has 1 N–H and O–H groups in total. The highest BCUT2D eigenvalue weighted by molar-refractivity contribution is 7.89. The summed E-state index contributed by atoms with van der Waals surface area (Å²) >= 11 is 0. The van der Waals surface area contributed by atoms with Crippen molar-refractivity contribution in [3.63, 3.8) is 0 Å². The van der Waals surface area contributed by atoms with Gasteiger partial charge in [0.1, 0.15) is 0 Å². The van der Waals surface area contributed by atoms with Crippen molar-refractivity contribution in [2.45, 2.75) is 89.9 Å². The first kappa shape index (κ1) is 21.2. The molecule has 0 aliphatic carbocycles. The lowest BCUT2D eigenvalue weighted by Gasteiger charge is -2.10. The first-order valence-corrected chi connectivity index (χ1v) is 11.0. The largest absolute Gasteiger partial charge is 0.240 e. The maximum atomic E-state index is 12.4. The molecule has 0 saturated heterocycles. The van der Waals surface area contributed by atoms with Crippen molar-refractivity contribution < 1.29 is 8.42 Å². The minimum absolute atomic E-state index is 0.412. The summed E-state index contributed by atoms with van der Waals surface area (Å²) in [6.07, 6.45) is 12.6. The van der Waals surface area contributed by atoms with Crippen LogP contribution < -0.4 is 4.72 Å². The van der Waals surface area contributed by atoms with E-state index in [9.17, 15) is 8.42 Å². The summed E-state index contributed by atoms with van der Waals surface area (Å²) in [5.41, 5.74) is 1.77. The molecule has 0 radical (unpaired) electrons. The molecule has 4 heteroatoms. The van der Waals surface area contributed by atoms with Crippen LogP contribution in [-0.2, 0) is 10.0 Å². The molecule has 0 atom stereocenters. The van der Waals surface area contributed by atoms with Crippen molar-refractivity contribution in [3.05, 3.63) is 29.3 Å². The van der Waals surface area contributed by atoms with Crippen molar-refractivity contribution in [1.82, 2.24) is 4.72 Å². The molecule has 0 amide bonds. The molecule has 1 aromatic rings. The molecule has 1 aromatic carbocycles. The zero-order valence-electron chi connectivity index (χ0n) is 15.7. The quantitative estimate of drug-likeness (QED) is 0.476. The molecule has 0 aliphatic rings. The minimum Gasteiger partial charge on any atom is -0.211 e. The van der Waals surface area contributed by atoms with Crippen molar-refractivity contribution in [3.8, 4) is 0 Å². The number of benzene rings is 1. The Kier molecular flexibility index (Phi) is 10.3. The second-order valence-electron chi connectivity index (χ2n) is 6.85. The lowest BCUT2D eigenvalue weighted by molar-refractivity contribution is 0.548. The third kappa shape index (κ3) is 8.29.